The Morgan fingerprint density at radius 1 is 1.07 bits per heavy atom. The molecule has 0 bridgehead atoms. The van der Waals surface area contributed by atoms with Crippen LogP contribution in [-0.2, 0) is 6.54 Å². The fraction of sp³-hybridized carbons (Fsp3) is 0.273. The molecule has 0 saturated carbocycles. The van der Waals surface area contributed by atoms with E-state index in [1.807, 2.05) is 66.9 Å². The maximum absolute atomic E-state index is 12.3. The number of aliphatic hydroxyl groups excluding tert-OH is 1. The van der Waals surface area contributed by atoms with Gasteiger partial charge in [-0.05, 0) is 49.6 Å². The van der Waals surface area contributed by atoms with Gasteiger partial charge < -0.3 is 15.0 Å². The summed E-state index contributed by atoms with van der Waals surface area (Å²) >= 11 is 0. The molecule has 3 aromatic rings. The number of aromatic nitrogens is 2. The minimum atomic E-state index is -0.472. The third-order valence-electron chi connectivity index (χ3n) is 4.86. The van der Waals surface area contributed by atoms with Crippen LogP contribution in [0.4, 0.5) is 0 Å². The van der Waals surface area contributed by atoms with Crippen LogP contribution < -0.4 is 5.32 Å². The highest BCUT2D eigenvalue weighted by molar-refractivity contribution is 5.94. The zero-order valence-corrected chi connectivity index (χ0v) is 15.9. The fourth-order valence-corrected chi connectivity index (χ4v) is 2.93. The molecule has 1 atom stereocenters. The fourth-order valence-electron chi connectivity index (χ4n) is 2.93. The van der Waals surface area contributed by atoms with Gasteiger partial charge in [-0.25, -0.2) is 4.98 Å². The number of aliphatic hydroxyl groups is 1. The number of rotatable bonds is 6. The molecule has 5 heteroatoms. The predicted molar refractivity (Wildman–Crippen MR) is 107 cm³/mol. The molecule has 5 nitrogen and oxygen atoms in total. The summed E-state index contributed by atoms with van der Waals surface area (Å²) in [6, 6.07) is 15.3. The summed E-state index contributed by atoms with van der Waals surface area (Å²) in [7, 11) is 0. The molecule has 1 amide bonds. The van der Waals surface area contributed by atoms with Crippen molar-refractivity contribution in [2.75, 3.05) is 6.54 Å². The van der Waals surface area contributed by atoms with Crippen molar-refractivity contribution in [3.8, 4) is 11.1 Å². The van der Waals surface area contributed by atoms with Gasteiger partial charge in [-0.1, -0.05) is 36.4 Å². The molecular formula is C22H25N3O2. The first kappa shape index (κ1) is 18.9. The Balaban J connectivity index is 1.59. The van der Waals surface area contributed by atoms with Crippen LogP contribution in [0.2, 0.25) is 0 Å². The lowest BCUT2D eigenvalue weighted by Gasteiger charge is -2.09. The Labute approximate surface area is 159 Å². The number of benzene rings is 2. The van der Waals surface area contributed by atoms with Gasteiger partial charge in [-0.2, -0.15) is 0 Å². The summed E-state index contributed by atoms with van der Waals surface area (Å²) in [4.78, 5) is 16.6. The van der Waals surface area contributed by atoms with Crippen LogP contribution in [0.3, 0.4) is 0 Å². The third-order valence-corrected chi connectivity index (χ3v) is 4.86. The van der Waals surface area contributed by atoms with E-state index in [2.05, 4.69) is 10.3 Å². The summed E-state index contributed by atoms with van der Waals surface area (Å²) in [5, 5.41) is 12.5. The van der Waals surface area contributed by atoms with Crippen LogP contribution in [0, 0.1) is 13.8 Å². The molecule has 3 rings (SSSR count). The molecule has 0 saturated heterocycles. The highest BCUT2D eigenvalue weighted by atomic mass is 16.3. The van der Waals surface area contributed by atoms with Crippen molar-refractivity contribution >= 4 is 5.91 Å². The van der Waals surface area contributed by atoms with Gasteiger partial charge in [0.15, 0.2) is 0 Å². The van der Waals surface area contributed by atoms with Crippen LogP contribution in [0.5, 0.6) is 0 Å². The van der Waals surface area contributed by atoms with Gasteiger partial charge in [-0.15, -0.1) is 0 Å². The van der Waals surface area contributed by atoms with Gasteiger partial charge in [0.2, 0.25) is 0 Å². The Morgan fingerprint density at radius 2 is 1.67 bits per heavy atom. The predicted octanol–water partition coefficient (Wildman–Crippen LogP) is 3.65. The lowest BCUT2D eigenvalue weighted by molar-refractivity contribution is 0.0952. The van der Waals surface area contributed by atoms with Crippen molar-refractivity contribution < 1.29 is 9.90 Å². The van der Waals surface area contributed by atoms with E-state index in [0.717, 1.165) is 28.1 Å². The number of hydrogen-bond donors (Lipinski definition) is 2. The van der Waals surface area contributed by atoms with Gasteiger partial charge in [0.25, 0.3) is 5.91 Å². The van der Waals surface area contributed by atoms with E-state index in [4.69, 9.17) is 0 Å². The van der Waals surface area contributed by atoms with Crippen LogP contribution >= 0.6 is 0 Å². The molecule has 0 aliphatic carbocycles. The lowest BCUT2D eigenvalue weighted by atomic mass is 10.0. The van der Waals surface area contributed by atoms with Crippen LogP contribution in [0.1, 0.15) is 40.3 Å². The second kappa shape index (κ2) is 8.18. The van der Waals surface area contributed by atoms with Gasteiger partial charge in [-0.3, -0.25) is 4.79 Å². The molecule has 0 fully saturated rings. The van der Waals surface area contributed by atoms with Gasteiger partial charge >= 0.3 is 0 Å². The van der Waals surface area contributed by atoms with Crippen molar-refractivity contribution in [1.82, 2.24) is 14.9 Å². The largest absolute Gasteiger partial charge is 0.389 e. The number of carbonyl (C=O) groups excluding carboxylic acids is 1. The molecule has 2 N–H and O–H groups in total. The van der Waals surface area contributed by atoms with Crippen molar-refractivity contribution in [1.29, 1.82) is 0 Å². The minimum absolute atomic E-state index is 0.0829. The van der Waals surface area contributed by atoms with E-state index in [0.29, 0.717) is 18.7 Å². The van der Waals surface area contributed by atoms with E-state index in [1.165, 1.54) is 0 Å². The highest BCUT2D eigenvalue weighted by Gasteiger charge is 2.07. The molecule has 140 valence electrons. The first-order valence-electron chi connectivity index (χ1n) is 9.10. The first-order chi connectivity index (χ1) is 13.0. The van der Waals surface area contributed by atoms with Gasteiger partial charge in [0.1, 0.15) is 0 Å². The Hall–Kier alpha value is -2.92. The molecule has 0 aliphatic heterocycles. The number of aryl methyl sites for hydroxylation is 1. The minimum Gasteiger partial charge on any atom is -0.389 e. The summed E-state index contributed by atoms with van der Waals surface area (Å²) in [6.45, 7) is 7.00. The van der Waals surface area contributed by atoms with Crippen LogP contribution in [0.25, 0.3) is 11.1 Å². The number of imidazole rings is 1. The third kappa shape index (κ3) is 4.44. The molecule has 0 unspecified atom stereocenters. The Bertz CT molecular complexity index is 910. The number of carbonyl (C=O) groups is 1. The number of hydrogen-bond acceptors (Lipinski definition) is 3. The standard InChI is InChI=1S/C22H25N3O2/c1-15-16(2)25(14-24-15)13-12-23-22(27)21-10-8-20(9-11-21)19-6-4-18(5-7-19)17(3)26/h4-11,14,17,26H,12-13H2,1-3H3,(H,23,27)/t17-/m1/s1. The molecule has 1 heterocycles. The van der Waals surface area contributed by atoms with E-state index in [1.54, 1.807) is 13.3 Å². The van der Waals surface area contributed by atoms with Crippen molar-refractivity contribution in [3.05, 3.63) is 77.4 Å². The molecule has 0 radical (unpaired) electrons. The summed E-state index contributed by atoms with van der Waals surface area (Å²) < 4.78 is 2.04. The quantitative estimate of drug-likeness (QED) is 0.702. The van der Waals surface area contributed by atoms with E-state index in [-0.39, 0.29) is 5.91 Å². The number of nitrogens with zero attached hydrogens (tertiary/aromatic N) is 2. The zero-order chi connectivity index (χ0) is 19.4. The smallest absolute Gasteiger partial charge is 0.251 e. The van der Waals surface area contributed by atoms with Crippen LogP contribution in [-0.4, -0.2) is 27.1 Å². The lowest BCUT2D eigenvalue weighted by Crippen LogP contribution is -2.27. The zero-order valence-electron chi connectivity index (χ0n) is 15.9. The summed E-state index contributed by atoms with van der Waals surface area (Å²) in [6.07, 6.45) is 1.33. The molecule has 27 heavy (non-hydrogen) atoms. The Kier molecular flexibility index (Phi) is 5.72. The maximum Gasteiger partial charge on any atom is 0.251 e. The monoisotopic (exact) mass is 363 g/mol. The van der Waals surface area contributed by atoms with E-state index < -0.39 is 6.10 Å². The van der Waals surface area contributed by atoms with Crippen molar-refractivity contribution in [3.63, 3.8) is 0 Å². The van der Waals surface area contributed by atoms with Gasteiger partial charge in [0.05, 0.1) is 18.1 Å². The first-order valence-corrected chi connectivity index (χ1v) is 9.10. The van der Waals surface area contributed by atoms with Gasteiger partial charge in [0, 0.05) is 24.3 Å². The number of nitrogens with one attached hydrogen (secondary N) is 1. The molecule has 2 aromatic carbocycles. The van der Waals surface area contributed by atoms with Crippen LogP contribution in [0.15, 0.2) is 54.9 Å². The van der Waals surface area contributed by atoms with Crippen molar-refractivity contribution in [2.45, 2.75) is 33.4 Å². The van der Waals surface area contributed by atoms with E-state index in [9.17, 15) is 9.90 Å². The topological polar surface area (TPSA) is 67.2 Å². The SMILES string of the molecule is Cc1ncn(CCNC(=O)c2ccc(-c3ccc([C@@H](C)O)cc3)cc2)c1C. The molecular weight excluding hydrogens is 338 g/mol. The maximum atomic E-state index is 12.3. The second-order valence-corrected chi connectivity index (χ2v) is 6.74. The van der Waals surface area contributed by atoms with Crippen molar-refractivity contribution in [2.24, 2.45) is 0 Å². The molecule has 1 aromatic heterocycles. The average molecular weight is 363 g/mol. The highest BCUT2D eigenvalue weighted by Crippen LogP contribution is 2.22. The normalized spacial score (nSPS) is 12.0. The molecule has 0 aliphatic rings. The summed E-state index contributed by atoms with van der Waals surface area (Å²) in [5.74, 6) is -0.0829. The number of amides is 1. The Morgan fingerprint density at radius 3 is 2.19 bits per heavy atom. The summed E-state index contributed by atoms with van der Waals surface area (Å²) in [5.41, 5.74) is 5.75. The van der Waals surface area contributed by atoms with E-state index >= 15 is 0 Å². The second-order valence-electron chi connectivity index (χ2n) is 6.74. The molecule has 0 spiro atoms. The average Bonchev–Trinajstić information content (AvgIpc) is 3.00.